The average molecular weight is 183 g/mol. The Morgan fingerprint density at radius 2 is 2.38 bits per heavy atom. The monoisotopic (exact) mass is 183 g/mol. The zero-order valence-electron chi connectivity index (χ0n) is 8.49. The normalized spacial score (nSPS) is 11.1. The number of rotatable bonds is 5. The Kier molecular flexibility index (Phi) is 3.85. The van der Waals surface area contributed by atoms with Gasteiger partial charge >= 0.3 is 0 Å². The number of aromatic nitrogens is 3. The van der Waals surface area contributed by atoms with E-state index >= 15 is 0 Å². The van der Waals surface area contributed by atoms with Crippen LogP contribution < -0.4 is 5.32 Å². The van der Waals surface area contributed by atoms with E-state index in [1.165, 1.54) is 0 Å². The molecule has 0 aliphatic heterocycles. The third-order valence-corrected chi connectivity index (χ3v) is 1.83. The van der Waals surface area contributed by atoms with E-state index in [1.54, 1.807) is 4.68 Å². The molecule has 0 bridgehead atoms. The molecule has 5 nitrogen and oxygen atoms in total. The van der Waals surface area contributed by atoms with Crippen LogP contribution in [0.1, 0.15) is 5.69 Å². The number of aryl methyl sites for hydroxylation is 1. The van der Waals surface area contributed by atoms with Gasteiger partial charge in [-0.3, -0.25) is 9.58 Å². The summed E-state index contributed by atoms with van der Waals surface area (Å²) in [7, 11) is 5.91. The first-order valence-corrected chi connectivity index (χ1v) is 4.40. The maximum Gasteiger partial charge on any atom is 0.0966 e. The van der Waals surface area contributed by atoms with Crippen molar-refractivity contribution in [2.24, 2.45) is 7.05 Å². The fourth-order valence-corrected chi connectivity index (χ4v) is 1.13. The summed E-state index contributed by atoms with van der Waals surface area (Å²) in [6.45, 7) is 2.87. The van der Waals surface area contributed by atoms with Gasteiger partial charge in [0.25, 0.3) is 0 Å². The number of hydrogen-bond donors (Lipinski definition) is 1. The molecule has 1 heterocycles. The summed E-state index contributed by atoms with van der Waals surface area (Å²) in [5.41, 5.74) is 1.01. The lowest BCUT2D eigenvalue weighted by atomic mass is 10.4. The molecule has 0 radical (unpaired) electrons. The first-order valence-electron chi connectivity index (χ1n) is 4.40. The van der Waals surface area contributed by atoms with Crippen molar-refractivity contribution < 1.29 is 0 Å². The van der Waals surface area contributed by atoms with E-state index in [2.05, 4.69) is 27.6 Å². The molecular weight excluding hydrogens is 166 g/mol. The van der Waals surface area contributed by atoms with Crippen molar-refractivity contribution in [3.8, 4) is 0 Å². The van der Waals surface area contributed by atoms with Crippen LogP contribution in [-0.4, -0.2) is 47.1 Å². The molecule has 1 aromatic heterocycles. The number of nitrogens with zero attached hydrogens (tertiary/aromatic N) is 4. The average Bonchev–Trinajstić information content (AvgIpc) is 2.48. The second kappa shape index (κ2) is 4.94. The topological polar surface area (TPSA) is 46.0 Å². The lowest BCUT2D eigenvalue weighted by molar-refractivity contribution is 0.324. The quantitative estimate of drug-likeness (QED) is 0.666. The fraction of sp³-hybridized carbons (Fsp3) is 0.750. The molecule has 1 N–H and O–H groups in total. The Bertz CT molecular complexity index is 244. The van der Waals surface area contributed by atoms with Crippen molar-refractivity contribution in [3.05, 3.63) is 11.9 Å². The zero-order chi connectivity index (χ0) is 9.68. The summed E-state index contributed by atoms with van der Waals surface area (Å²) >= 11 is 0. The summed E-state index contributed by atoms with van der Waals surface area (Å²) in [6.07, 6.45) is 1.94. The van der Waals surface area contributed by atoms with E-state index in [0.717, 1.165) is 25.3 Å². The van der Waals surface area contributed by atoms with Crippen molar-refractivity contribution in [2.75, 3.05) is 27.2 Å². The van der Waals surface area contributed by atoms with Gasteiger partial charge in [-0.15, -0.1) is 5.10 Å². The molecular formula is C8H17N5. The van der Waals surface area contributed by atoms with Crippen LogP contribution in [0.3, 0.4) is 0 Å². The Balaban J connectivity index is 2.31. The summed E-state index contributed by atoms with van der Waals surface area (Å²) in [5, 5.41) is 11.0. The van der Waals surface area contributed by atoms with Crippen LogP contribution in [0.15, 0.2) is 6.20 Å². The summed E-state index contributed by atoms with van der Waals surface area (Å²) in [4.78, 5) is 2.21. The lowest BCUT2D eigenvalue weighted by Crippen LogP contribution is -2.27. The number of hydrogen-bond acceptors (Lipinski definition) is 4. The number of likely N-dealkylation sites (N-methyl/N-ethyl adjacent to an activating group) is 2. The summed E-state index contributed by atoms with van der Waals surface area (Å²) in [5.74, 6) is 0. The summed E-state index contributed by atoms with van der Waals surface area (Å²) < 4.78 is 1.72. The first kappa shape index (κ1) is 10.1. The van der Waals surface area contributed by atoms with Gasteiger partial charge in [-0.1, -0.05) is 5.21 Å². The van der Waals surface area contributed by atoms with Gasteiger partial charge in [0.1, 0.15) is 0 Å². The van der Waals surface area contributed by atoms with Gasteiger partial charge in [0.2, 0.25) is 0 Å². The Morgan fingerprint density at radius 3 is 2.92 bits per heavy atom. The molecule has 74 valence electrons. The lowest BCUT2D eigenvalue weighted by Gasteiger charge is -2.13. The van der Waals surface area contributed by atoms with Crippen molar-refractivity contribution in [1.82, 2.24) is 25.2 Å². The molecule has 0 unspecified atom stereocenters. The summed E-state index contributed by atoms with van der Waals surface area (Å²) in [6, 6.07) is 0. The predicted molar refractivity (Wildman–Crippen MR) is 51.3 cm³/mol. The van der Waals surface area contributed by atoms with Crippen LogP contribution in [0, 0.1) is 0 Å². The van der Waals surface area contributed by atoms with Gasteiger partial charge in [-0.25, -0.2) is 0 Å². The van der Waals surface area contributed by atoms with Gasteiger partial charge < -0.3 is 5.32 Å². The Labute approximate surface area is 78.7 Å². The van der Waals surface area contributed by atoms with E-state index in [0.29, 0.717) is 0 Å². The predicted octanol–water partition coefficient (Wildman–Crippen LogP) is -0.534. The Morgan fingerprint density at radius 1 is 1.62 bits per heavy atom. The van der Waals surface area contributed by atoms with E-state index in [4.69, 9.17) is 0 Å². The molecule has 5 heteroatoms. The van der Waals surface area contributed by atoms with Gasteiger partial charge in [-0.2, -0.15) is 0 Å². The molecule has 1 rings (SSSR count). The molecule has 0 aliphatic rings. The molecule has 0 spiro atoms. The van der Waals surface area contributed by atoms with Crippen molar-refractivity contribution in [1.29, 1.82) is 0 Å². The van der Waals surface area contributed by atoms with Crippen LogP contribution in [-0.2, 0) is 13.6 Å². The van der Waals surface area contributed by atoms with Gasteiger partial charge in [0.15, 0.2) is 0 Å². The molecule has 0 fully saturated rings. The smallest absolute Gasteiger partial charge is 0.0966 e. The molecule has 1 aromatic rings. The standard InChI is InChI=1S/C8H17N5/c1-9-4-5-12(2)6-8-7-13(3)11-10-8/h7,9H,4-6H2,1-3H3. The molecule has 0 aliphatic carbocycles. The van der Waals surface area contributed by atoms with Crippen LogP contribution in [0.25, 0.3) is 0 Å². The van der Waals surface area contributed by atoms with Gasteiger partial charge in [0, 0.05) is 32.9 Å². The SMILES string of the molecule is CNCCN(C)Cc1cn(C)nn1. The molecule has 0 amide bonds. The highest BCUT2D eigenvalue weighted by molar-refractivity contribution is 4.91. The minimum Gasteiger partial charge on any atom is -0.318 e. The number of nitrogens with one attached hydrogen (secondary N) is 1. The largest absolute Gasteiger partial charge is 0.318 e. The maximum atomic E-state index is 4.01. The van der Waals surface area contributed by atoms with Crippen LogP contribution in [0.5, 0.6) is 0 Å². The third-order valence-electron chi connectivity index (χ3n) is 1.83. The van der Waals surface area contributed by atoms with Crippen molar-refractivity contribution in [2.45, 2.75) is 6.54 Å². The molecule has 0 saturated carbocycles. The highest BCUT2D eigenvalue weighted by Crippen LogP contribution is 1.95. The molecule has 0 aromatic carbocycles. The minimum atomic E-state index is 0.857. The van der Waals surface area contributed by atoms with Crippen LogP contribution in [0.2, 0.25) is 0 Å². The second-order valence-corrected chi connectivity index (χ2v) is 3.22. The first-order chi connectivity index (χ1) is 6.22. The van der Waals surface area contributed by atoms with E-state index in [-0.39, 0.29) is 0 Å². The third kappa shape index (κ3) is 3.52. The minimum absolute atomic E-state index is 0.857. The zero-order valence-corrected chi connectivity index (χ0v) is 8.49. The van der Waals surface area contributed by atoms with Crippen molar-refractivity contribution in [3.63, 3.8) is 0 Å². The van der Waals surface area contributed by atoms with Gasteiger partial charge in [0.05, 0.1) is 5.69 Å². The maximum absolute atomic E-state index is 4.01. The Hall–Kier alpha value is -0.940. The van der Waals surface area contributed by atoms with Crippen LogP contribution in [0.4, 0.5) is 0 Å². The highest BCUT2D eigenvalue weighted by Gasteiger charge is 2.02. The van der Waals surface area contributed by atoms with E-state index in [9.17, 15) is 0 Å². The molecule has 13 heavy (non-hydrogen) atoms. The van der Waals surface area contributed by atoms with E-state index < -0.39 is 0 Å². The molecule has 0 saturated heterocycles. The fourth-order valence-electron chi connectivity index (χ4n) is 1.13. The van der Waals surface area contributed by atoms with Crippen molar-refractivity contribution >= 4 is 0 Å². The van der Waals surface area contributed by atoms with Crippen LogP contribution >= 0.6 is 0 Å². The van der Waals surface area contributed by atoms with E-state index in [1.807, 2.05) is 20.3 Å². The highest BCUT2D eigenvalue weighted by atomic mass is 15.4. The van der Waals surface area contributed by atoms with Gasteiger partial charge in [-0.05, 0) is 14.1 Å². The second-order valence-electron chi connectivity index (χ2n) is 3.22. The molecule has 0 atom stereocenters.